The lowest BCUT2D eigenvalue weighted by atomic mass is 10.2. The molecule has 0 radical (unpaired) electrons. The lowest BCUT2D eigenvalue weighted by molar-refractivity contribution is -0.119. The van der Waals surface area contributed by atoms with Gasteiger partial charge in [0.1, 0.15) is 5.82 Å². The highest BCUT2D eigenvalue weighted by atomic mass is 35.5. The van der Waals surface area contributed by atoms with Gasteiger partial charge in [0.2, 0.25) is 5.91 Å². The number of carbonyl (C=O) groups is 1. The van der Waals surface area contributed by atoms with Crippen LogP contribution in [0, 0.1) is 5.82 Å². The van der Waals surface area contributed by atoms with Crippen molar-refractivity contribution in [3.8, 4) is 0 Å². The van der Waals surface area contributed by atoms with Crippen molar-refractivity contribution in [2.45, 2.75) is 18.9 Å². The summed E-state index contributed by atoms with van der Waals surface area (Å²) in [4.78, 5) is 13.3. The Labute approximate surface area is 110 Å². The third-order valence-electron chi connectivity index (χ3n) is 2.80. The molecule has 0 spiro atoms. The summed E-state index contributed by atoms with van der Waals surface area (Å²) < 4.78 is 13.2. The topological polar surface area (TPSA) is 58.4 Å². The van der Waals surface area contributed by atoms with Crippen molar-refractivity contribution in [2.75, 3.05) is 24.2 Å². The average molecular weight is 272 g/mol. The molecule has 0 saturated heterocycles. The van der Waals surface area contributed by atoms with Crippen molar-refractivity contribution in [1.82, 2.24) is 5.32 Å². The van der Waals surface area contributed by atoms with Crippen LogP contribution in [0.15, 0.2) is 12.1 Å². The summed E-state index contributed by atoms with van der Waals surface area (Å²) in [7, 11) is 1.71. The Morgan fingerprint density at radius 2 is 2.28 bits per heavy atom. The molecule has 1 aromatic carbocycles. The maximum absolute atomic E-state index is 13.2. The molecule has 0 unspecified atom stereocenters. The molecular formula is C12H15ClFN3O. The van der Waals surface area contributed by atoms with Crippen LogP contribution in [-0.4, -0.2) is 25.5 Å². The fraction of sp³-hybridized carbons (Fsp3) is 0.417. The SMILES string of the molecule is CN(CC(=O)NC1CC1)c1cc(Cl)c(F)cc1N. The van der Waals surface area contributed by atoms with Crippen molar-refractivity contribution in [2.24, 2.45) is 0 Å². The quantitative estimate of drug-likeness (QED) is 0.821. The predicted molar refractivity (Wildman–Crippen MR) is 70.3 cm³/mol. The van der Waals surface area contributed by atoms with Gasteiger partial charge in [0.15, 0.2) is 0 Å². The van der Waals surface area contributed by atoms with Crippen LogP contribution in [0.5, 0.6) is 0 Å². The lowest BCUT2D eigenvalue weighted by Crippen LogP contribution is -2.36. The molecule has 0 aliphatic heterocycles. The molecule has 1 amide bonds. The van der Waals surface area contributed by atoms with Crippen molar-refractivity contribution >= 4 is 28.9 Å². The number of nitrogens with zero attached hydrogens (tertiary/aromatic N) is 1. The number of carbonyl (C=O) groups excluding carboxylic acids is 1. The molecule has 6 heteroatoms. The van der Waals surface area contributed by atoms with Crippen molar-refractivity contribution in [1.29, 1.82) is 0 Å². The average Bonchev–Trinajstić information content (AvgIpc) is 3.06. The number of likely N-dealkylation sites (N-methyl/N-ethyl adjacent to an activating group) is 1. The molecule has 3 N–H and O–H groups in total. The Bertz CT molecular complexity index is 477. The first-order chi connectivity index (χ1) is 8.47. The standard InChI is InChI=1S/C12H15ClFN3O/c1-17(6-12(18)16-7-2-3-7)11-4-8(13)9(14)5-10(11)15/h4-5,7H,2-3,6,15H2,1H3,(H,16,18). The molecule has 1 fully saturated rings. The van der Waals surface area contributed by atoms with E-state index in [1.807, 2.05) is 0 Å². The summed E-state index contributed by atoms with van der Waals surface area (Å²) >= 11 is 5.70. The first-order valence-corrected chi connectivity index (χ1v) is 6.10. The Balaban J connectivity index is 2.05. The minimum Gasteiger partial charge on any atom is -0.397 e. The zero-order valence-corrected chi connectivity index (χ0v) is 10.8. The molecule has 1 aromatic rings. The van der Waals surface area contributed by atoms with Crippen molar-refractivity contribution in [3.05, 3.63) is 23.0 Å². The molecule has 98 valence electrons. The highest BCUT2D eigenvalue weighted by molar-refractivity contribution is 6.31. The number of hydrogen-bond donors (Lipinski definition) is 2. The van der Waals surface area contributed by atoms with Gasteiger partial charge in [0.25, 0.3) is 0 Å². The second kappa shape index (κ2) is 5.02. The van der Waals surface area contributed by atoms with Gasteiger partial charge >= 0.3 is 0 Å². The van der Waals surface area contributed by atoms with E-state index in [0.29, 0.717) is 11.7 Å². The van der Waals surface area contributed by atoms with Crippen LogP contribution >= 0.6 is 11.6 Å². The van der Waals surface area contributed by atoms with Gasteiger partial charge in [-0.1, -0.05) is 11.6 Å². The summed E-state index contributed by atoms with van der Waals surface area (Å²) in [5.74, 6) is -0.631. The summed E-state index contributed by atoms with van der Waals surface area (Å²) in [5, 5.41) is 2.87. The van der Waals surface area contributed by atoms with Gasteiger partial charge in [-0.05, 0) is 18.9 Å². The molecule has 2 rings (SSSR count). The first kappa shape index (κ1) is 13.0. The van der Waals surface area contributed by atoms with E-state index in [-0.39, 0.29) is 23.2 Å². The number of benzene rings is 1. The van der Waals surface area contributed by atoms with Crippen LogP contribution in [0.4, 0.5) is 15.8 Å². The van der Waals surface area contributed by atoms with Gasteiger partial charge in [-0.15, -0.1) is 0 Å². The molecule has 4 nitrogen and oxygen atoms in total. The van der Waals surface area contributed by atoms with E-state index < -0.39 is 5.82 Å². The zero-order chi connectivity index (χ0) is 13.3. The van der Waals surface area contributed by atoms with Crippen LogP contribution in [-0.2, 0) is 4.79 Å². The minimum absolute atomic E-state index is 0.00588. The minimum atomic E-state index is -0.561. The number of halogens is 2. The molecule has 1 aliphatic rings. The Morgan fingerprint density at radius 3 is 2.89 bits per heavy atom. The normalized spacial score (nSPS) is 14.4. The van der Waals surface area contributed by atoms with Gasteiger partial charge in [-0.2, -0.15) is 0 Å². The van der Waals surface area contributed by atoms with E-state index in [9.17, 15) is 9.18 Å². The maximum Gasteiger partial charge on any atom is 0.239 e. The Hall–Kier alpha value is -1.49. The maximum atomic E-state index is 13.2. The first-order valence-electron chi connectivity index (χ1n) is 5.72. The Kier molecular flexibility index (Phi) is 3.61. The van der Waals surface area contributed by atoms with Crippen LogP contribution in [0.25, 0.3) is 0 Å². The van der Waals surface area contributed by atoms with E-state index in [4.69, 9.17) is 17.3 Å². The van der Waals surface area contributed by atoms with Crippen LogP contribution in [0.1, 0.15) is 12.8 Å². The molecule has 0 aromatic heterocycles. The van der Waals surface area contributed by atoms with E-state index >= 15 is 0 Å². The number of amides is 1. The molecular weight excluding hydrogens is 257 g/mol. The van der Waals surface area contributed by atoms with Crippen molar-refractivity contribution < 1.29 is 9.18 Å². The summed E-state index contributed by atoms with van der Waals surface area (Å²) in [6.07, 6.45) is 2.08. The van der Waals surface area contributed by atoms with Gasteiger partial charge in [-0.25, -0.2) is 4.39 Å². The second-order valence-electron chi connectivity index (χ2n) is 4.52. The monoisotopic (exact) mass is 271 g/mol. The van der Waals surface area contributed by atoms with Gasteiger partial charge in [0, 0.05) is 19.2 Å². The number of hydrogen-bond acceptors (Lipinski definition) is 3. The fourth-order valence-corrected chi connectivity index (χ4v) is 1.84. The third-order valence-corrected chi connectivity index (χ3v) is 3.09. The smallest absolute Gasteiger partial charge is 0.239 e. The molecule has 0 atom stereocenters. The highest BCUT2D eigenvalue weighted by Gasteiger charge is 2.23. The molecule has 0 heterocycles. The summed E-state index contributed by atoms with van der Waals surface area (Å²) in [5.41, 5.74) is 6.52. The lowest BCUT2D eigenvalue weighted by Gasteiger charge is -2.21. The van der Waals surface area contributed by atoms with E-state index in [2.05, 4.69) is 5.32 Å². The van der Waals surface area contributed by atoms with Gasteiger partial charge in [-0.3, -0.25) is 4.79 Å². The molecule has 1 saturated carbocycles. The van der Waals surface area contributed by atoms with Gasteiger partial charge in [0.05, 0.1) is 22.9 Å². The summed E-state index contributed by atoms with van der Waals surface area (Å²) in [6, 6.07) is 2.91. The van der Waals surface area contributed by atoms with Crippen LogP contribution in [0.3, 0.4) is 0 Å². The van der Waals surface area contributed by atoms with Crippen LogP contribution < -0.4 is 16.0 Å². The van der Waals surface area contributed by atoms with E-state index in [1.54, 1.807) is 11.9 Å². The number of nitrogens with two attached hydrogens (primary N) is 1. The van der Waals surface area contributed by atoms with Crippen molar-refractivity contribution in [3.63, 3.8) is 0 Å². The molecule has 0 bridgehead atoms. The van der Waals surface area contributed by atoms with E-state index in [0.717, 1.165) is 18.9 Å². The number of anilines is 2. The number of nitrogen functional groups attached to an aromatic ring is 1. The third kappa shape index (κ3) is 3.04. The fourth-order valence-electron chi connectivity index (χ4n) is 1.68. The second-order valence-corrected chi connectivity index (χ2v) is 4.93. The zero-order valence-electron chi connectivity index (χ0n) is 10.0. The number of rotatable bonds is 4. The highest BCUT2D eigenvalue weighted by Crippen LogP contribution is 2.28. The van der Waals surface area contributed by atoms with Gasteiger partial charge < -0.3 is 16.0 Å². The molecule has 18 heavy (non-hydrogen) atoms. The number of nitrogens with one attached hydrogen (secondary N) is 1. The van der Waals surface area contributed by atoms with E-state index in [1.165, 1.54) is 6.07 Å². The Morgan fingerprint density at radius 1 is 1.61 bits per heavy atom. The largest absolute Gasteiger partial charge is 0.397 e. The predicted octanol–water partition coefficient (Wildman–Crippen LogP) is 1.78. The summed E-state index contributed by atoms with van der Waals surface area (Å²) in [6.45, 7) is 0.169. The molecule has 1 aliphatic carbocycles. The van der Waals surface area contributed by atoms with Crippen LogP contribution in [0.2, 0.25) is 5.02 Å².